The van der Waals surface area contributed by atoms with E-state index in [4.69, 9.17) is 0 Å². The molecule has 0 radical (unpaired) electrons. The zero-order valence-electron chi connectivity index (χ0n) is 10.5. The molecule has 3 nitrogen and oxygen atoms in total. The summed E-state index contributed by atoms with van der Waals surface area (Å²) in [6.45, 7) is 6.52. The predicted octanol–water partition coefficient (Wildman–Crippen LogP) is 2.51. The molecule has 0 aromatic rings. The molecule has 0 spiro atoms. The molecule has 0 aromatic heterocycles. The molecule has 1 saturated carbocycles. The zero-order chi connectivity index (χ0) is 11.8. The molecule has 2 rings (SSSR count). The molecule has 90 valence electrons. The van der Waals surface area contributed by atoms with E-state index in [9.17, 15) is 4.79 Å². The van der Waals surface area contributed by atoms with Crippen molar-refractivity contribution < 1.29 is 4.79 Å². The fraction of sp³-hybridized carbons (Fsp3) is 0.846. The molecule has 3 heteroatoms. The van der Waals surface area contributed by atoms with Crippen LogP contribution in [0.15, 0.2) is 5.10 Å². The number of carbonyl (C=O) groups is 1. The second kappa shape index (κ2) is 4.19. The number of nitrogens with zero attached hydrogens (tertiary/aromatic N) is 1. The van der Waals surface area contributed by atoms with E-state index in [2.05, 4.69) is 31.3 Å². The molecule has 16 heavy (non-hydrogen) atoms. The average Bonchev–Trinajstić information content (AvgIpc) is 2.56. The lowest BCUT2D eigenvalue weighted by Crippen LogP contribution is -2.45. The summed E-state index contributed by atoms with van der Waals surface area (Å²) in [7, 11) is 0. The minimum atomic E-state index is 0.0829. The van der Waals surface area contributed by atoms with Gasteiger partial charge in [-0.1, -0.05) is 27.2 Å². The Morgan fingerprint density at radius 2 is 2.25 bits per heavy atom. The molecule has 0 bridgehead atoms. The van der Waals surface area contributed by atoms with Crippen LogP contribution in [0.2, 0.25) is 0 Å². The fourth-order valence-corrected chi connectivity index (χ4v) is 2.93. The molecule has 0 saturated heterocycles. The lowest BCUT2D eigenvalue weighted by atomic mass is 9.68. The van der Waals surface area contributed by atoms with E-state index in [0.29, 0.717) is 12.2 Å². The lowest BCUT2D eigenvalue weighted by molar-refractivity contribution is -0.126. The first-order valence-electron chi connectivity index (χ1n) is 6.38. The Bertz CT molecular complexity index is 320. The van der Waals surface area contributed by atoms with Gasteiger partial charge in [0, 0.05) is 6.42 Å². The van der Waals surface area contributed by atoms with Gasteiger partial charge in [-0.05, 0) is 24.7 Å². The maximum Gasteiger partial charge on any atom is 0.144 e. The Labute approximate surface area is 97.7 Å². The van der Waals surface area contributed by atoms with Crippen molar-refractivity contribution in [3.63, 3.8) is 0 Å². The van der Waals surface area contributed by atoms with E-state index in [1.165, 1.54) is 0 Å². The number of ketones is 1. The molecule has 2 atom stereocenters. The highest BCUT2D eigenvalue weighted by Crippen LogP contribution is 2.39. The maximum atomic E-state index is 12.1. The van der Waals surface area contributed by atoms with Gasteiger partial charge >= 0.3 is 0 Å². The summed E-state index contributed by atoms with van der Waals surface area (Å²) in [4.78, 5) is 12.1. The van der Waals surface area contributed by atoms with Gasteiger partial charge in [0.05, 0.1) is 17.7 Å². The normalized spacial score (nSPS) is 31.9. The number of hydrogen-bond donors (Lipinski definition) is 1. The summed E-state index contributed by atoms with van der Waals surface area (Å²) in [6, 6.07) is 0.267. The van der Waals surface area contributed by atoms with E-state index in [-0.39, 0.29) is 17.4 Å². The first-order valence-corrected chi connectivity index (χ1v) is 6.38. The largest absolute Gasteiger partial charge is 0.306 e. The van der Waals surface area contributed by atoms with Gasteiger partial charge in [-0.15, -0.1) is 0 Å². The van der Waals surface area contributed by atoms with Gasteiger partial charge in [0.2, 0.25) is 0 Å². The third-order valence-corrected chi connectivity index (χ3v) is 3.69. The van der Waals surface area contributed by atoms with Gasteiger partial charge in [0.1, 0.15) is 5.78 Å². The number of rotatable bonds is 3. The Morgan fingerprint density at radius 3 is 2.94 bits per heavy atom. The van der Waals surface area contributed by atoms with Crippen LogP contribution in [0.25, 0.3) is 0 Å². The summed E-state index contributed by atoms with van der Waals surface area (Å²) in [5.41, 5.74) is 4.41. The third-order valence-electron chi connectivity index (χ3n) is 3.69. The van der Waals surface area contributed by atoms with Crippen molar-refractivity contribution in [2.24, 2.45) is 16.4 Å². The van der Waals surface area contributed by atoms with Crippen molar-refractivity contribution in [1.82, 2.24) is 5.43 Å². The van der Waals surface area contributed by atoms with Crippen LogP contribution in [0.1, 0.15) is 52.9 Å². The molecular formula is C13H22N2O. The van der Waals surface area contributed by atoms with Crippen molar-refractivity contribution in [3.8, 4) is 0 Å². The number of hydrogen-bond acceptors (Lipinski definition) is 3. The van der Waals surface area contributed by atoms with E-state index in [1.807, 2.05) is 0 Å². The number of hydrazone groups is 1. The Kier molecular flexibility index (Phi) is 3.04. The van der Waals surface area contributed by atoms with Crippen LogP contribution in [0, 0.1) is 11.3 Å². The van der Waals surface area contributed by atoms with Crippen molar-refractivity contribution in [3.05, 3.63) is 0 Å². The second-order valence-electron chi connectivity index (χ2n) is 5.93. The van der Waals surface area contributed by atoms with E-state index < -0.39 is 0 Å². The summed E-state index contributed by atoms with van der Waals surface area (Å²) >= 11 is 0. The van der Waals surface area contributed by atoms with Crippen LogP contribution in [0.4, 0.5) is 0 Å². The Hall–Kier alpha value is -0.860. The number of carbonyl (C=O) groups excluding carboxylic acids is 1. The van der Waals surface area contributed by atoms with E-state index in [1.54, 1.807) is 0 Å². The Morgan fingerprint density at radius 1 is 1.50 bits per heavy atom. The minimum Gasteiger partial charge on any atom is -0.306 e. The van der Waals surface area contributed by atoms with Crippen molar-refractivity contribution in [1.29, 1.82) is 0 Å². The second-order valence-corrected chi connectivity index (χ2v) is 5.93. The molecule has 1 heterocycles. The Balaban J connectivity index is 2.06. The van der Waals surface area contributed by atoms with Crippen molar-refractivity contribution >= 4 is 11.5 Å². The molecule has 0 unspecified atom stereocenters. The zero-order valence-corrected chi connectivity index (χ0v) is 10.5. The topological polar surface area (TPSA) is 41.5 Å². The van der Waals surface area contributed by atoms with Crippen LogP contribution in [0.3, 0.4) is 0 Å². The fourth-order valence-electron chi connectivity index (χ4n) is 2.93. The summed E-state index contributed by atoms with van der Waals surface area (Å²) in [5.74, 6) is 0.473. The van der Waals surface area contributed by atoms with Crippen LogP contribution in [-0.2, 0) is 4.79 Å². The number of unbranched alkanes of at least 4 members (excludes halogenated alkanes) is 1. The minimum absolute atomic E-state index is 0.0829. The number of Topliss-reactive ketones (excluding diaryl/α,β-unsaturated/α-hetero) is 1. The molecule has 1 aliphatic heterocycles. The number of nitrogens with one attached hydrogen (secondary N) is 1. The molecule has 2 aliphatic rings. The first kappa shape index (κ1) is 11.6. The SMILES string of the molecule is CCCCC1=NN[C@H]2CC(C)(C)CC(=O)[C@H]12. The van der Waals surface area contributed by atoms with Gasteiger partial charge in [0.15, 0.2) is 0 Å². The number of fused-ring (bicyclic) bond motifs is 1. The highest BCUT2D eigenvalue weighted by molar-refractivity contribution is 6.07. The third kappa shape index (κ3) is 2.13. The van der Waals surface area contributed by atoms with Crippen LogP contribution in [0.5, 0.6) is 0 Å². The summed E-state index contributed by atoms with van der Waals surface area (Å²) in [5, 5.41) is 4.38. The van der Waals surface area contributed by atoms with Gasteiger partial charge in [-0.25, -0.2) is 0 Å². The standard InChI is InChI=1S/C13H22N2O/c1-4-5-6-9-12-10(15-14-9)7-13(2,3)8-11(12)16/h10,12,15H,4-8H2,1-3H3/t10-,12+/m0/s1. The molecule has 1 aliphatic carbocycles. The molecule has 1 N–H and O–H groups in total. The van der Waals surface area contributed by atoms with E-state index in [0.717, 1.165) is 31.4 Å². The monoisotopic (exact) mass is 222 g/mol. The van der Waals surface area contributed by atoms with Crippen LogP contribution >= 0.6 is 0 Å². The summed E-state index contributed by atoms with van der Waals surface area (Å²) in [6.07, 6.45) is 5.05. The summed E-state index contributed by atoms with van der Waals surface area (Å²) < 4.78 is 0. The van der Waals surface area contributed by atoms with Crippen molar-refractivity contribution in [2.75, 3.05) is 0 Å². The average molecular weight is 222 g/mol. The van der Waals surface area contributed by atoms with Gasteiger partial charge in [-0.2, -0.15) is 5.10 Å². The van der Waals surface area contributed by atoms with E-state index >= 15 is 0 Å². The van der Waals surface area contributed by atoms with Crippen molar-refractivity contribution in [2.45, 2.75) is 58.9 Å². The predicted molar refractivity (Wildman–Crippen MR) is 65.4 cm³/mol. The quantitative estimate of drug-likeness (QED) is 0.797. The highest BCUT2D eigenvalue weighted by atomic mass is 16.1. The smallest absolute Gasteiger partial charge is 0.144 e. The molecule has 0 aromatic carbocycles. The lowest BCUT2D eigenvalue weighted by Gasteiger charge is -2.36. The molecule has 1 fully saturated rings. The maximum absolute atomic E-state index is 12.1. The van der Waals surface area contributed by atoms with Gasteiger partial charge in [-0.3, -0.25) is 4.79 Å². The van der Waals surface area contributed by atoms with Gasteiger partial charge < -0.3 is 5.43 Å². The molecule has 0 amide bonds. The van der Waals surface area contributed by atoms with Crippen LogP contribution < -0.4 is 5.43 Å². The van der Waals surface area contributed by atoms with Crippen LogP contribution in [-0.4, -0.2) is 17.5 Å². The van der Waals surface area contributed by atoms with Gasteiger partial charge in [0.25, 0.3) is 0 Å². The highest BCUT2D eigenvalue weighted by Gasteiger charge is 2.45. The molecular weight excluding hydrogens is 200 g/mol. The first-order chi connectivity index (χ1) is 7.53.